The van der Waals surface area contributed by atoms with Gasteiger partial charge in [-0.05, 0) is 31.0 Å². The summed E-state index contributed by atoms with van der Waals surface area (Å²) in [5.41, 5.74) is 7.09. The Labute approximate surface area is 78.6 Å². The first-order valence-corrected chi connectivity index (χ1v) is 4.69. The van der Waals surface area contributed by atoms with E-state index in [1.807, 2.05) is 12.3 Å². The van der Waals surface area contributed by atoms with E-state index in [1.54, 1.807) is 0 Å². The first-order valence-electron chi connectivity index (χ1n) is 4.69. The van der Waals surface area contributed by atoms with Crippen LogP contribution >= 0.6 is 0 Å². The molecule has 1 fully saturated rings. The van der Waals surface area contributed by atoms with Crippen molar-refractivity contribution in [2.75, 3.05) is 18.0 Å². The van der Waals surface area contributed by atoms with Crippen molar-refractivity contribution in [3.8, 4) is 0 Å². The highest BCUT2D eigenvalue weighted by Gasteiger charge is 2.19. The zero-order valence-corrected chi connectivity index (χ0v) is 7.90. The maximum atomic E-state index is 5.83. The van der Waals surface area contributed by atoms with Gasteiger partial charge in [-0.2, -0.15) is 0 Å². The van der Waals surface area contributed by atoms with Crippen LogP contribution in [-0.4, -0.2) is 24.1 Å². The molecule has 1 aromatic rings. The number of aromatic nitrogens is 1. The Kier molecular flexibility index (Phi) is 2.19. The van der Waals surface area contributed by atoms with Gasteiger partial charge in [0.15, 0.2) is 0 Å². The Balaban J connectivity index is 2.16. The monoisotopic (exact) mass is 177 g/mol. The molecular weight excluding hydrogens is 162 g/mol. The third-order valence-electron chi connectivity index (χ3n) is 2.45. The number of hydrogen-bond acceptors (Lipinski definition) is 3. The molecule has 1 aliphatic rings. The lowest BCUT2D eigenvalue weighted by Gasteiger charge is -2.16. The van der Waals surface area contributed by atoms with Crippen LogP contribution in [0.15, 0.2) is 18.3 Å². The Bertz CT molecular complexity index is 298. The van der Waals surface area contributed by atoms with E-state index < -0.39 is 0 Å². The lowest BCUT2D eigenvalue weighted by molar-refractivity contribution is 0.751. The molecule has 1 aliphatic heterocycles. The summed E-state index contributed by atoms with van der Waals surface area (Å²) in [5.74, 6) is 1.06. The van der Waals surface area contributed by atoms with Crippen LogP contribution in [0, 0.1) is 6.92 Å². The Hall–Kier alpha value is -1.09. The second-order valence-corrected chi connectivity index (χ2v) is 3.69. The van der Waals surface area contributed by atoms with Crippen molar-refractivity contribution in [3.63, 3.8) is 0 Å². The summed E-state index contributed by atoms with van der Waals surface area (Å²) in [7, 11) is 0. The molecular formula is C10H15N3. The number of pyridine rings is 1. The van der Waals surface area contributed by atoms with Gasteiger partial charge in [0.2, 0.25) is 0 Å². The molecule has 2 heterocycles. The van der Waals surface area contributed by atoms with Gasteiger partial charge in [-0.25, -0.2) is 4.98 Å². The topological polar surface area (TPSA) is 42.2 Å². The predicted octanol–water partition coefficient (Wildman–Crippen LogP) is 0.927. The van der Waals surface area contributed by atoms with E-state index in [0.717, 1.165) is 25.3 Å². The maximum absolute atomic E-state index is 5.83. The number of aryl methyl sites for hydroxylation is 1. The van der Waals surface area contributed by atoms with Crippen LogP contribution in [0.2, 0.25) is 0 Å². The Morgan fingerprint density at radius 3 is 3.08 bits per heavy atom. The predicted molar refractivity (Wildman–Crippen MR) is 53.8 cm³/mol. The summed E-state index contributed by atoms with van der Waals surface area (Å²) in [4.78, 5) is 6.57. The second-order valence-electron chi connectivity index (χ2n) is 3.69. The van der Waals surface area contributed by atoms with E-state index in [2.05, 4.69) is 22.9 Å². The fourth-order valence-corrected chi connectivity index (χ4v) is 1.69. The van der Waals surface area contributed by atoms with Crippen molar-refractivity contribution in [1.82, 2.24) is 4.98 Å². The van der Waals surface area contributed by atoms with Crippen molar-refractivity contribution in [3.05, 3.63) is 23.9 Å². The van der Waals surface area contributed by atoms with Gasteiger partial charge < -0.3 is 10.6 Å². The minimum atomic E-state index is 0.322. The number of nitrogens with two attached hydrogens (primary N) is 1. The smallest absolute Gasteiger partial charge is 0.128 e. The number of hydrogen-bond donors (Lipinski definition) is 1. The van der Waals surface area contributed by atoms with E-state index in [4.69, 9.17) is 5.73 Å². The molecule has 0 aliphatic carbocycles. The second kappa shape index (κ2) is 3.34. The van der Waals surface area contributed by atoms with Gasteiger partial charge in [0.1, 0.15) is 5.82 Å². The molecule has 3 heteroatoms. The molecule has 70 valence electrons. The third kappa shape index (κ3) is 1.80. The van der Waals surface area contributed by atoms with E-state index in [0.29, 0.717) is 6.04 Å². The molecule has 2 rings (SSSR count). The molecule has 3 nitrogen and oxygen atoms in total. The highest BCUT2D eigenvalue weighted by molar-refractivity contribution is 5.41. The molecule has 0 amide bonds. The number of anilines is 1. The molecule has 1 aromatic heterocycles. The largest absolute Gasteiger partial charge is 0.355 e. The lowest BCUT2D eigenvalue weighted by atomic mass is 10.3. The molecule has 1 atom stereocenters. The Morgan fingerprint density at radius 1 is 1.62 bits per heavy atom. The Morgan fingerprint density at radius 2 is 2.46 bits per heavy atom. The average molecular weight is 177 g/mol. The molecule has 0 unspecified atom stereocenters. The fourth-order valence-electron chi connectivity index (χ4n) is 1.69. The summed E-state index contributed by atoms with van der Waals surface area (Å²) in [6.07, 6.45) is 2.93. The van der Waals surface area contributed by atoms with Crippen molar-refractivity contribution in [2.45, 2.75) is 19.4 Å². The van der Waals surface area contributed by atoms with E-state index in [9.17, 15) is 0 Å². The third-order valence-corrected chi connectivity index (χ3v) is 2.45. The molecule has 0 bridgehead atoms. The van der Waals surface area contributed by atoms with Crippen LogP contribution in [0.1, 0.15) is 12.0 Å². The standard InChI is InChI=1S/C10H15N3/c1-8-2-4-12-10(6-8)13-5-3-9(11)7-13/h2,4,6,9H,3,5,7,11H2,1H3/t9-/m0/s1. The fraction of sp³-hybridized carbons (Fsp3) is 0.500. The summed E-state index contributed by atoms with van der Waals surface area (Å²) in [6, 6.07) is 4.44. The van der Waals surface area contributed by atoms with Gasteiger partial charge in [-0.1, -0.05) is 0 Å². The summed E-state index contributed by atoms with van der Waals surface area (Å²) in [6.45, 7) is 4.06. The summed E-state index contributed by atoms with van der Waals surface area (Å²) >= 11 is 0. The minimum Gasteiger partial charge on any atom is -0.355 e. The van der Waals surface area contributed by atoms with Crippen molar-refractivity contribution >= 4 is 5.82 Å². The minimum absolute atomic E-state index is 0.322. The van der Waals surface area contributed by atoms with E-state index in [1.165, 1.54) is 5.56 Å². The summed E-state index contributed by atoms with van der Waals surface area (Å²) < 4.78 is 0. The van der Waals surface area contributed by atoms with Crippen molar-refractivity contribution in [1.29, 1.82) is 0 Å². The van der Waals surface area contributed by atoms with E-state index in [-0.39, 0.29) is 0 Å². The number of rotatable bonds is 1. The van der Waals surface area contributed by atoms with Gasteiger partial charge in [0.25, 0.3) is 0 Å². The number of nitrogens with zero attached hydrogens (tertiary/aromatic N) is 2. The molecule has 13 heavy (non-hydrogen) atoms. The molecule has 1 saturated heterocycles. The van der Waals surface area contributed by atoms with Crippen molar-refractivity contribution in [2.24, 2.45) is 5.73 Å². The maximum Gasteiger partial charge on any atom is 0.128 e. The molecule has 0 spiro atoms. The SMILES string of the molecule is Cc1ccnc(N2CC[C@H](N)C2)c1. The van der Waals surface area contributed by atoms with Crippen LogP contribution in [0.5, 0.6) is 0 Å². The van der Waals surface area contributed by atoms with Crippen molar-refractivity contribution < 1.29 is 0 Å². The highest BCUT2D eigenvalue weighted by Crippen LogP contribution is 2.17. The zero-order chi connectivity index (χ0) is 9.26. The average Bonchev–Trinajstić information content (AvgIpc) is 2.52. The van der Waals surface area contributed by atoms with Crippen LogP contribution in [0.4, 0.5) is 5.82 Å². The first-order chi connectivity index (χ1) is 6.25. The quantitative estimate of drug-likeness (QED) is 0.693. The van der Waals surface area contributed by atoms with Gasteiger partial charge >= 0.3 is 0 Å². The van der Waals surface area contributed by atoms with E-state index >= 15 is 0 Å². The van der Waals surface area contributed by atoms with Gasteiger partial charge in [0.05, 0.1) is 0 Å². The van der Waals surface area contributed by atoms with Crippen LogP contribution in [0.3, 0.4) is 0 Å². The lowest BCUT2D eigenvalue weighted by Crippen LogP contribution is -2.26. The zero-order valence-electron chi connectivity index (χ0n) is 7.90. The van der Waals surface area contributed by atoms with Crippen LogP contribution in [0.25, 0.3) is 0 Å². The molecule has 0 saturated carbocycles. The molecule has 0 radical (unpaired) electrons. The highest BCUT2D eigenvalue weighted by atomic mass is 15.2. The molecule has 2 N–H and O–H groups in total. The summed E-state index contributed by atoms with van der Waals surface area (Å²) in [5, 5.41) is 0. The van der Waals surface area contributed by atoms with Gasteiger partial charge in [0, 0.05) is 25.3 Å². The van der Waals surface area contributed by atoms with Gasteiger partial charge in [-0.15, -0.1) is 0 Å². The van der Waals surface area contributed by atoms with Crippen LogP contribution in [-0.2, 0) is 0 Å². The molecule has 0 aromatic carbocycles. The van der Waals surface area contributed by atoms with Gasteiger partial charge in [-0.3, -0.25) is 0 Å². The first kappa shape index (κ1) is 8.51. The van der Waals surface area contributed by atoms with Crippen LogP contribution < -0.4 is 10.6 Å². The normalized spacial score (nSPS) is 22.3.